The van der Waals surface area contributed by atoms with Gasteiger partial charge in [-0.1, -0.05) is 23.6 Å². The van der Waals surface area contributed by atoms with E-state index in [1.807, 2.05) is 0 Å². The number of ether oxygens (including phenoxy) is 1. The van der Waals surface area contributed by atoms with E-state index in [1.165, 1.54) is 30.4 Å². The van der Waals surface area contributed by atoms with Crippen LogP contribution in [0.1, 0.15) is 58.8 Å². The average molecular weight is 317 g/mol. The first-order valence-corrected chi connectivity index (χ1v) is 9.39. The molecule has 0 bridgehead atoms. The summed E-state index contributed by atoms with van der Waals surface area (Å²) >= 11 is 0. The number of fused-ring (bicyclic) bond motifs is 1. The highest BCUT2D eigenvalue weighted by molar-refractivity contribution is 5.76. The van der Waals surface area contributed by atoms with Gasteiger partial charge >= 0.3 is 5.97 Å². The van der Waals surface area contributed by atoms with Crippen molar-refractivity contribution in [3.8, 4) is 0 Å². The molecule has 0 aromatic rings. The summed E-state index contributed by atoms with van der Waals surface area (Å²) in [4.78, 5) is 15.0. The van der Waals surface area contributed by atoms with E-state index in [-0.39, 0.29) is 18.0 Å². The fourth-order valence-corrected chi connectivity index (χ4v) is 4.25. The molecule has 0 aromatic heterocycles. The number of carbonyl (C=O) groups excluding carboxylic acids is 1. The second-order valence-corrected chi connectivity index (χ2v) is 7.67. The summed E-state index contributed by atoms with van der Waals surface area (Å²) in [5.41, 5.74) is 2.84. The zero-order chi connectivity index (χ0) is 16.2. The smallest absolute Gasteiger partial charge is 0.311 e. The van der Waals surface area contributed by atoms with E-state index in [0.717, 1.165) is 45.3 Å². The molecule has 0 spiro atoms. The summed E-state index contributed by atoms with van der Waals surface area (Å²) in [6.45, 7) is 7.60. The minimum absolute atomic E-state index is 0.00379. The topological polar surface area (TPSA) is 29.5 Å². The number of esters is 1. The van der Waals surface area contributed by atoms with Crippen molar-refractivity contribution in [3.05, 3.63) is 23.3 Å². The Morgan fingerprint density at radius 2 is 1.87 bits per heavy atom. The van der Waals surface area contributed by atoms with Gasteiger partial charge in [0, 0.05) is 12.5 Å². The fourth-order valence-electron chi connectivity index (χ4n) is 4.25. The SMILES string of the molecule is C/C1=C\CC[C@@H]2[C@@H](/C=C(\C)CC1)OC(=O)[C@@H]2CN1CCCCC1. The van der Waals surface area contributed by atoms with Gasteiger partial charge in [0.15, 0.2) is 0 Å². The highest BCUT2D eigenvalue weighted by atomic mass is 16.6. The van der Waals surface area contributed by atoms with Gasteiger partial charge in [-0.3, -0.25) is 4.79 Å². The van der Waals surface area contributed by atoms with Gasteiger partial charge in [-0.25, -0.2) is 0 Å². The van der Waals surface area contributed by atoms with Crippen LogP contribution in [-0.4, -0.2) is 36.6 Å². The predicted molar refractivity (Wildman–Crippen MR) is 93.1 cm³/mol. The molecule has 3 nitrogen and oxygen atoms in total. The fraction of sp³-hybridized carbons (Fsp3) is 0.750. The van der Waals surface area contributed by atoms with Crippen molar-refractivity contribution >= 4 is 5.97 Å². The number of hydrogen-bond acceptors (Lipinski definition) is 3. The van der Waals surface area contributed by atoms with E-state index >= 15 is 0 Å². The number of nitrogens with zero attached hydrogens (tertiary/aromatic N) is 1. The summed E-state index contributed by atoms with van der Waals surface area (Å²) < 4.78 is 5.79. The lowest BCUT2D eigenvalue weighted by Gasteiger charge is -2.30. The van der Waals surface area contributed by atoms with E-state index < -0.39 is 0 Å². The van der Waals surface area contributed by atoms with Crippen LogP contribution in [0.25, 0.3) is 0 Å². The predicted octanol–water partition coefficient (Wildman–Crippen LogP) is 4.10. The van der Waals surface area contributed by atoms with Crippen LogP contribution in [0.2, 0.25) is 0 Å². The number of rotatable bonds is 2. The van der Waals surface area contributed by atoms with Gasteiger partial charge < -0.3 is 9.64 Å². The summed E-state index contributed by atoms with van der Waals surface area (Å²) in [6.07, 6.45) is 12.8. The summed E-state index contributed by atoms with van der Waals surface area (Å²) in [7, 11) is 0. The van der Waals surface area contributed by atoms with Crippen molar-refractivity contribution in [2.24, 2.45) is 11.8 Å². The van der Waals surface area contributed by atoms with Crippen LogP contribution in [-0.2, 0) is 9.53 Å². The minimum Gasteiger partial charge on any atom is -0.458 e. The summed E-state index contributed by atoms with van der Waals surface area (Å²) in [5.74, 6) is 0.450. The van der Waals surface area contributed by atoms with Gasteiger partial charge in [0.1, 0.15) is 6.10 Å². The molecule has 2 saturated heterocycles. The molecule has 0 unspecified atom stereocenters. The minimum atomic E-state index is 0.00379. The first-order chi connectivity index (χ1) is 11.1. The molecule has 3 rings (SSSR count). The lowest BCUT2D eigenvalue weighted by atomic mass is 9.84. The standard InChI is InChI=1S/C20H31NO2/c1-15-7-6-8-17-18(14-21-11-4-3-5-12-21)20(22)23-19(17)13-16(2)10-9-15/h7,13,17-19H,3-6,8-12,14H2,1-2H3/b15-7+,16-13+/t17-,18+,19+/m0/s1. The van der Waals surface area contributed by atoms with Crippen LogP contribution in [0.15, 0.2) is 23.3 Å². The van der Waals surface area contributed by atoms with E-state index in [9.17, 15) is 4.79 Å². The lowest BCUT2D eigenvalue weighted by Crippen LogP contribution is -2.38. The van der Waals surface area contributed by atoms with E-state index in [0.29, 0.717) is 5.92 Å². The molecular weight excluding hydrogens is 286 g/mol. The highest BCUT2D eigenvalue weighted by Gasteiger charge is 2.43. The van der Waals surface area contributed by atoms with Crippen molar-refractivity contribution in [3.63, 3.8) is 0 Å². The molecule has 0 radical (unpaired) electrons. The van der Waals surface area contributed by atoms with E-state index in [4.69, 9.17) is 4.74 Å². The number of allylic oxidation sites excluding steroid dienone is 3. The molecule has 23 heavy (non-hydrogen) atoms. The molecule has 0 amide bonds. The number of piperidine rings is 1. The Hall–Kier alpha value is -1.09. The maximum atomic E-state index is 12.5. The summed E-state index contributed by atoms with van der Waals surface area (Å²) in [6, 6.07) is 0. The summed E-state index contributed by atoms with van der Waals surface area (Å²) in [5, 5.41) is 0. The van der Waals surface area contributed by atoms with Crippen molar-refractivity contribution in [2.75, 3.05) is 19.6 Å². The molecule has 2 fully saturated rings. The molecule has 3 atom stereocenters. The van der Waals surface area contributed by atoms with Gasteiger partial charge in [-0.15, -0.1) is 0 Å². The first-order valence-electron chi connectivity index (χ1n) is 9.39. The molecule has 2 heterocycles. The zero-order valence-corrected chi connectivity index (χ0v) is 14.7. The molecule has 1 aliphatic carbocycles. The van der Waals surface area contributed by atoms with Crippen LogP contribution in [0.4, 0.5) is 0 Å². The van der Waals surface area contributed by atoms with Gasteiger partial charge in [0.2, 0.25) is 0 Å². The van der Waals surface area contributed by atoms with Gasteiger partial charge in [-0.05, 0) is 71.5 Å². The zero-order valence-electron chi connectivity index (χ0n) is 14.7. The van der Waals surface area contributed by atoms with Crippen molar-refractivity contribution in [1.82, 2.24) is 4.90 Å². The Kier molecular flexibility index (Phi) is 5.58. The number of likely N-dealkylation sites (tertiary alicyclic amines) is 1. The molecule has 0 saturated carbocycles. The van der Waals surface area contributed by atoms with Gasteiger partial charge in [-0.2, -0.15) is 0 Å². The molecule has 3 aliphatic rings. The lowest BCUT2D eigenvalue weighted by molar-refractivity contribution is -0.143. The molecular formula is C20H31NO2. The Morgan fingerprint density at radius 3 is 2.65 bits per heavy atom. The first kappa shape index (κ1) is 16.8. The Labute approximate surface area is 140 Å². The maximum Gasteiger partial charge on any atom is 0.311 e. The molecule has 3 heteroatoms. The third-order valence-electron chi connectivity index (χ3n) is 5.75. The molecule has 2 aliphatic heterocycles. The molecule has 0 aromatic carbocycles. The Balaban J connectivity index is 1.73. The molecule has 128 valence electrons. The van der Waals surface area contributed by atoms with Crippen molar-refractivity contribution in [1.29, 1.82) is 0 Å². The average Bonchev–Trinajstić information content (AvgIpc) is 2.82. The highest BCUT2D eigenvalue weighted by Crippen LogP contribution is 2.36. The van der Waals surface area contributed by atoms with Crippen molar-refractivity contribution in [2.45, 2.75) is 64.9 Å². The monoisotopic (exact) mass is 317 g/mol. The maximum absolute atomic E-state index is 12.5. The van der Waals surface area contributed by atoms with E-state index in [1.54, 1.807) is 0 Å². The van der Waals surface area contributed by atoms with Crippen LogP contribution >= 0.6 is 0 Å². The van der Waals surface area contributed by atoms with Crippen LogP contribution < -0.4 is 0 Å². The second kappa shape index (κ2) is 7.65. The van der Waals surface area contributed by atoms with Gasteiger partial charge in [0.05, 0.1) is 5.92 Å². The van der Waals surface area contributed by atoms with Crippen LogP contribution in [0.3, 0.4) is 0 Å². The Bertz CT molecular complexity index is 488. The largest absolute Gasteiger partial charge is 0.458 e. The number of carbonyl (C=O) groups is 1. The quantitative estimate of drug-likeness (QED) is 0.567. The third kappa shape index (κ3) is 4.26. The van der Waals surface area contributed by atoms with E-state index in [2.05, 4.69) is 30.9 Å². The van der Waals surface area contributed by atoms with Crippen molar-refractivity contribution < 1.29 is 9.53 Å². The Morgan fingerprint density at radius 1 is 1.13 bits per heavy atom. The normalized spacial score (nSPS) is 38.0. The second-order valence-electron chi connectivity index (χ2n) is 7.67. The third-order valence-corrected chi connectivity index (χ3v) is 5.75. The van der Waals surface area contributed by atoms with Gasteiger partial charge in [0.25, 0.3) is 0 Å². The van der Waals surface area contributed by atoms with Crippen LogP contribution in [0, 0.1) is 11.8 Å². The number of hydrogen-bond donors (Lipinski definition) is 0. The molecule has 0 N–H and O–H groups in total. The van der Waals surface area contributed by atoms with Crippen LogP contribution in [0.5, 0.6) is 0 Å².